The van der Waals surface area contributed by atoms with Gasteiger partial charge in [0.1, 0.15) is 12.2 Å². The molecule has 1 aliphatic rings. The molecule has 3 aromatic rings. The molecule has 0 saturated carbocycles. The van der Waals surface area contributed by atoms with Crippen LogP contribution in [-0.2, 0) is 26.1 Å². The van der Waals surface area contributed by atoms with E-state index in [1.807, 2.05) is 0 Å². The van der Waals surface area contributed by atoms with Crippen LogP contribution in [0.5, 0.6) is 0 Å². The van der Waals surface area contributed by atoms with Crippen LogP contribution >= 0.6 is 11.6 Å². The Hall–Kier alpha value is -2.72. The summed E-state index contributed by atoms with van der Waals surface area (Å²) in [6.45, 7) is 4.42. The fourth-order valence-corrected chi connectivity index (χ4v) is 5.20. The number of carbonyl (C=O) groups excluding carboxylic acids is 1. The lowest BCUT2D eigenvalue weighted by Crippen LogP contribution is -2.40. The molecule has 4 rings (SSSR count). The molecule has 8 nitrogen and oxygen atoms in total. The maximum Gasteiger partial charge on any atom is 0.338 e. The summed E-state index contributed by atoms with van der Waals surface area (Å²) in [6.07, 6.45) is 0. The van der Waals surface area contributed by atoms with Crippen LogP contribution in [0, 0.1) is 13.8 Å². The number of nitrogens with zero attached hydrogens (tertiary/aromatic N) is 1. The number of sulfonamides is 1. The van der Waals surface area contributed by atoms with Gasteiger partial charge in [-0.05, 0) is 49.2 Å². The second-order valence-corrected chi connectivity index (χ2v) is 10.1. The zero-order chi connectivity index (χ0) is 23.8. The van der Waals surface area contributed by atoms with E-state index in [4.69, 9.17) is 25.5 Å². The number of esters is 1. The first-order valence-electron chi connectivity index (χ1n) is 10.3. The van der Waals surface area contributed by atoms with Crippen LogP contribution in [-0.4, -0.2) is 45.0 Å². The van der Waals surface area contributed by atoms with Crippen LogP contribution in [0.1, 0.15) is 27.0 Å². The zero-order valence-corrected chi connectivity index (χ0v) is 19.7. The lowest BCUT2D eigenvalue weighted by atomic mass is 10.1. The van der Waals surface area contributed by atoms with E-state index in [0.717, 1.165) is 5.56 Å². The van der Waals surface area contributed by atoms with Gasteiger partial charge in [-0.3, -0.25) is 0 Å². The van der Waals surface area contributed by atoms with Gasteiger partial charge in [-0.1, -0.05) is 17.7 Å². The molecule has 1 aliphatic heterocycles. The highest BCUT2D eigenvalue weighted by molar-refractivity contribution is 7.89. The SMILES string of the molecule is Cc1cc2oc(=O)cc(COC(=O)c3cc(S(=O)(=O)N4CCOCC4)ccc3C)c2cc1Cl. The molecule has 33 heavy (non-hydrogen) atoms. The van der Waals surface area contributed by atoms with E-state index in [9.17, 15) is 18.0 Å². The molecule has 0 aliphatic carbocycles. The van der Waals surface area contributed by atoms with Crippen molar-refractivity contribution in [1.82, 2.24) is 4.31 Å². The molecule has 0 spiro atoms. The van der Waals surface area contributed by atoms with E-state index in [0.29, 0.717) is 40.3 Å². The summed E-state index contributed by atoms with van der Waals surface area (Å²) in [6, 6.07) is 8.90. The van der Waals surface area contributed by atoms with Crippen molar-refractivity contribution < 1.29 is 27.1 Å². The van der Waals surface area contributed by atoms with Crippen molar-refractivity contribution in [3.05, 3.63) is 74.1 Å². The lowest BCUT2D eigenvalue weighted by molar-refractivity contribution is 0.0472. The van der Waals surface area contributed by atoms with Crippen molar-refractivity contribution >= 4 is 38.6 Å². The minimum Gasteiger partial charge on any atom is -0.457 e. The van der Waals surface area contributed by atoms with Gasteiger partial charge in [-0.15, -0.1) is 0 Å². The van der Waals surface area contributed by atoms with Crippen molar-refractivity contribution in [3.63, 3.8) is 0 Å². The average molecular weight is 492 g/mol. The Morgan fingerprint density at radius 2 is 1.82 bits per heavy atom. The van der Waals surface area contributed by atoms with E-state index in [1.165, 1.54) is 22.5 Å². The Morgan fingerprint density at radius 3 is 2.55 bits per heavy atom. The molecule has 0 amide bonds. The molecule has 0 N–H and O–H groups in total. The minimum absolute atomic E-state index is 0.00927. The third-order valence-electron chi connectivity index (χ3n) is 5.50. The number of aryl methyl sites for hydroxylation is 2. The first-order chi connectivity index (χ1) is 15.7. The van der Waals surface area contributed by atoms with Crippen LogP contribution in [0.2, 0.25) is 5.02 Å². The molecule has 0 unspecified atom stereocenters. The summed E-state index contributed by atoms with van der Waals surface area (Å²) in [5.41, 5.74) is 1.64. The number of hydrogen-bond donors (Lipinski definition) is 0. The summed E-state index contributed by atoms with van der Waals surface area (Å²) in [5.74, 6) is -0.703. The number of morpholine rings is 1. The number of carbonyl (C=O) groups is 1. The second-order valence-electron chi connectivity index (χ2n) is 7.76. The highest BCUT2D eigenvalue weighted by atomic mass is 35.5. The van der Waals surface area contributed by atoms with Gasteiger partial charge in [0, 0.05) is 35.1 Å². The molecular weight excluding hydrogens is 470 g/mol. The lowest BCUT2D eigenvalue weighted by Gasteiger charge is -2.26. The summed E-state index contributed by atoms with van der Waals surface area (Å²) in [7, 11) is -3.77. The molecule has 0 bridgehead atoms. The molecule has 10 heteroatoms. The van der Waals surface area contributed by atoms with E-state index in [-0.39, 0.29) is 30.2 Å². The largest absolute Gasteiger partial charge is 0.457 e. The van der Waals surface area contributed by atoms with E-state index in [1.54, 1.807) is 32.0 Å². The van der Waals surface area contributed by atoms with Gasteiger partial charge in [-0.25, -0.2) is 18.0 Å². The molecule has 1 aromatic heterocycles. The van der Waals surface area contributed by atoms with Gasteiger partial charge in [0.2, 0.25) is 10.0 Å². The number of halogens is 1. The van der Waals surface area contributed by atoms with E-state index < -0.39 is 21.6 Å². The maximum atomic E-state index is 13.0. The highest BCUT2D eigenvalue weighted by Crippen LogP contribution is 2.26. The van der Waals surface area contributed by atoms with Crippen LogP contribution in [0.3, 0.4) is 0 Å². The normalized spacial score (nSPS) is 15.0. The molecule has 2 heterocycles. The Morgan fingerprint density at radius 1 is 1.09 bits per heavy atom. The number of hydrogen-bond acceptors (Lipinski definition) is 7. The van der Waals surface area contributed by atoms with Crippen LogP contribution in [0.15, 0.2) is 50.5 Å². The molecule has 1 saturated heterocycles. The van der Waals surface area contributed by atoms with Crippen molar-refractivity contribution in [1.29, 1.82) is 0 Å². The smallest absolute Gasteiger partial charge is 0.338 e. The van der Waals surface area contributed by atoms with Gasteiger partial charge in [0.05, 0.1) is 23.7 Å². The summed E-state index contributed by atoms with van der Waals surface area (Å²) < 4.78 is 43.1. The van der Waals surface area contributed by atoms with Crippen LogP contribution < -0.4 is 5.63 Å². The average Bonchev–Trinajstić information content (AvgIpc) is 2.79. The standard InChI is InChI=1S/C23H22ClNO7S/c1-14-3-4-17(33(28,29)25-5-7-30-8-6-25)11-18(14)23(27)31-13-16-10-22(26)32-21-9-15(2)20(24)12-19(16)21/h3-4,9-12H,5-8,13H2,1-2H3. The highest BCUT2D eigenvalue weighted by Gasteiger charge is 2.27. The van der Waals surface area contributed by atoms with Crippen molar-refractivity contribution in [2.24, 2.45) is 0 Å². The third kappa shape index (κ3) is 4.81. The van der Waals surface area contributed by atoms with Crippen LogP contribution in [0.4, 0.5) is 0 Å². The quantitative estimate of drug-likeness (QED) is 0.398. The number of benzene rings is 2. The first-order valence-corrected chi connectivity index (χ1v) is 12.1. The third-order valence-corrected chi connectivity index (χ3v) is 7.81. The fraction of sp³-hybridized carbons (Fsp3) is 0.304. The molecule has 174 valence electrons. The van der Waals surface area contributed by atoms with Crippen molar-refractivity contribution in [3.8, 4) is 0 Å². The van der Waals surface area contributed by atoms with Gasteiger partial charge >= 0.3 is 11.6 Å². The first kappa shape index (κ1) is 23.4. The Bertz CT molecular complexity index is 1390. The molecule has 1 fully saturated rings. The number of fused-ring (bicyclic) bond motifs is 1. The zero-order valence-electron chi connectivity index (χ0n) is 18.1. The second kappa shape index (κ2) is 9.26. The topological polar surface area (TPSA) is 103 Å². The van der Waals surface area contributed by atoms with E-state index >= 15 is 0 Å². The number of ether oxygens (including phenoxy) is 2. The Labute approximate surface area is 195 Å². The van der Waals surface area contributed by atoms with Crippen molar-refractivity contribution in [2.45, 2.75) is 25.3 Å². The molecule has 2 aromatic carbocycles. The number of rotatable bonds is 5. The molecular formula is C23H22ClNO7S. The Balaban J connectivity index is 1.60. The molecule has 0 atom stereocenters. The summed E-state index contributed by atoms with van der Waals surface area (Å²) >= 11 is 6.21. The molecule has 0 radical (unpaired) electrons. The fourth-order valence-electron chi connectivity index (χ4n) is 3.61. The summed E-state index contributed by atoms with van der Waals surface area (Å²) in [4.78, 5) is 24.8. The summed E-state index contributed by atoms with van der Waals surface area (Å²) in [5, 5.41) is 1.04. The van der Waals surface area contributed by atoms with Gasteiger partial charge in [-0.2, -0.15) is 4.31 Å². The van der Waals surface area contributed by atoms with Crippen LogP contribution in [0.25, 0.3) is 11.0 Å². The predicted octanol–water partition coefficient (Wildman–Crippen LogP) is 3.44. The van der Waals surface area contributed by atoms with Gasteiger partial charge < -0.3 is 13.9 Å². The predicted molar refractivity (Wildman–Crippen MR) is 122 cm³/mol. The monoisotopic (exact) mass is 491 g/mol. The minimum atomic E-state index is -3.77. The maximum absolute atomic E-state index is 13.0. The van der Waals surface area contributed by atoms with Gasteiger partial charge in [0.25, 0.3) is 0 Å². The van der Waals surface area contributed by atoms with Crippen molar-refractivity contribution in [2.75, 3.05) is 26.3 Å². The Kier molecular flexibility index (Phi) is 6.58. The van der Waals surface area contributed by atoms with Gasteiger partial charge in [0.15, 0.2) is 0 Å². The van der Waals surface area contributed by atoms with E-state index in [2.05, 4.69) is 0 Å².